The summed E-state index contributed by atoms with van der Waals surface area (Å²) in [4.78, 5) is 5.35. The SMILES string of the molecule is CCc1cc(CC(O)c2sc(C)nc2C)n(CC)n1. The van der Waals surface area contributed by atoms with Gasteiger partial charge in [-0.3, -0.25) is 4.68 Å². The first-order valence-corrected chi connectivity index (χ1v) is 7.54. The number of hydrogen-bond donors (Lipinski definition) is 1. The Morgan fingerprint density at radius 2 is 2.11 bits per heavy atom. The predicted octanol–water partition coefficient (Wildman–Crippen LogP) is 2.81. The van der Waals surface area contributed by atoms with Gasteiger partial charge in [0.15, 0.2) is 0 Å². The normalized spacial score (nSPS) is 12.9. The molecule has 5 heteroatoms. The van der Waals surface area contributed by atoms with Crippen molar-refractivity contribution in [3.05, 3.63) is 33.0 Å². The highest BCUT2D eigenvalue weighted by Gasteiger charge is 2.17. The maximum absolute atomic E-state index is 10.4. The third-order valence-corrected chi connectivity index (χ3v) is 4.39. The monoisotopic (exact) mass is 279 g/mol. The Morgan fingerprint density at radius 3 is 2.63 bits per heavy atom. The quantitative estimate of drug-likeness (QED) is 0.915. The van der Waals surface area contributed by atoms with Gasteiger partial charge in [0.2, 0.25) is 0 Å². The van der Waals surface area contributed by atoms with Gasteiger partial charge in [-0.1, -0.05) is 6.92 Å². The minimum absolute atomic E-state index is 0.488. The molecule has 2 heterocycles. The van der Waals surface area contributed by atoms with Crippen LogP contribution in [0.15, 0.2) is 6.07 Å². The summed E-state index contributed by atoms with van der Waals surface area (Å²) in [5.74, 6) is 0. The number of nitrogens with zero attached hydrogens (tertiary/aromatic N) is 3. The number of aliphatic hydroxyl groups is 1. The second kappa shape index (κ2) is 5.84. The molecular formula is C14H21N3OS. The molecule has 19 heavy (non-hydrogen) atoms. The first-order valence-electron chi connectivity index (χ1n) is 6.72. The molecule has 104 valence electrons. The third kappa shape index (κ3) is 3.04. The summed E-state index contributed by atoms with van der Waals surface area (Å²) < 4.78 is 1.98. The molecule has 0 saturated carbocycles. The van der Waals surface area contributed by atoms with Gasteiger partial charge in [-0.15, -0.1) is 11.3 Å². The molecule has 1 N–H and O–H groups in total. The Labute approximate surface area is 118 Å². The molecular weight excluding hydrogens is 258 g/mol. The molecule has 0 radical (unpaired) electrons. The van der Waals surface area contributed by atoms with E-state index in [0.29, 0.717) is 6.42 Å². The van der Waals surface area contributed by atoms with Crippen LogP contribution in [0.2, 0.25) is 0 Å². The zero-order chi connectivity index (χ0) is 14.0. The lowest BCUT2D eigenvalue weighted by molar-refractivity contribution is 0.178. The molecule has 0 aromatic carbocycles. The van der Waals surface area contributed by atoms with Gasteiger partial charge < -0.3 is 5.11 Å². The lowest BCUT2D eigenvalue weighted by Gasteiger charge is -2.10. The van der Waals surface area contributed by atoms with Crippen molar-refractivity contribution in [2.24, 2.45) is 0 Å². The molecule has 2 rings (SSSR count). The molecule has 0 aliphatic heterocycles. The zero-order valence-electron chi connectivity index (χ0n) is 12.0. The molecule has 2 aromatic heterocycles. The van der Waals surface area contributed by atoms with Crippen LogP contribution in [0.3, 0.4) is 0 Å². The smallest absolute Gasteiger partial charge is 0.0955 e. The highest BCUT2D eigenvalue weighted by molar-refractivity contribution is 7.11. The maximum Gasteiger partial charge on any atom is 0.0955 e. The van der Waals surface area contributed by atoms with E-state index in [1.807, 2.05) is 18.5 Å². The Kier molecular flexibility index (Phi) is 4.37. The van der Waals surface area contributed by atoms with Gasteiger partial charge >= 0.3 is 0 Å². The molecule has 1 unspecified atom stereocenters. The second-order valence-electron chi connectivity index (χ2n) is 4.70. The predicted molar refractivity (Wildman–Crippen MR) is 77.5 cm³/mol. The van der Waals surface area contributed by atoms with Crippen LogP contribution in [0.4, 0.5) is 0 Å². The lowest BCUT2D eigenvalue weighted by Crippen LogP contribution is -2.08. The first-order chi connectivity index (χ1) is 9.05. The average Bonchev–Trinajstić information content (AvgIpc) is 2.92. The van der Waals surface area contributed by atoms with Crippen LogP contribution >= 0.6 is 11.3 Å². The van der Waals surface area contributed by atoms with Crippen LogP contribution in [-0.4, -0.2) is 19.9 Å². The fourth-order valence-corrected chi connectivity index (χ4v) is 3.19. The van der Waals surface area contributed by atoms with Gasteiger partial charge in [0.25, 0.3) is 0 Å². The van der Waals surface area contributed by atoms with Gasteiger partial charge in [0.05, 0.1) is 27.4 Å². The van der Waals surface area contributed by atoms with E-state index in [0.717, 1.165) is 39.9 Å². The Morgan fingerprint density at radius 1 is 1.37 bits per heavy atom. The van der Waals surface area contributed by atoms with E-state index < -0.39 is 6.10 Å². The van der Waals surface area contributed by atoms with E-state index in [2.05, 4.69) is 30.0 Å². The van der Waals surface area contributed by atoms with Crippen LogP contribution in [0.25, 0.3) is 0 Å². The van der Waals surface area contributed by atoms with Crippen LogP contribution < -0.4 is 0 Å². The van der Waals surface area contributed by atoms with Gasteiger partial charge in [-0.25, -0.2) is 4.98 Å². The molecule has 0 amide bonds. The summed E-state index contributed by atoms with van der Waals surface area (Å²) in [6.07, 6.45) is 1.04. The van der Waals surface area contributed by atoms with Gasteiger partial charge in [-0.2, -0.15) is 5.10 Å². The highest BCUT2D eigenvalue weighted by Crippen LogP contribution is 2.27. The third-order valence-electron chi connectivity index (χ3n) is 3.22. The summed E-state index contributed by atoms with van der Waals surface area (Å²) >= 11 is 1.58. The average molecular weight is 279 g/mol. The molecule has 0 spiro atoms. The number of hydrogen-bond acceptors (Lipinski definition) is 4. The van der Waals surface area contributed by atoms with E-state index in [1.165, 1.54) is 0 Å². The topological polar surface area (TPSA) is 50.9 Å². The second-order valence-corrected chi connectivity index (χ2v) is 5.93. The maximum atomic E-state index is 10.4. The molecule has 0 aliphatic rings. The van der Waals surface area contributed by atoms with Crippen LogP contribution in [-0.2, 0) is 19.4 Å². The molecule has 2 aromatic rings. The van der Waals surface area contributed by atoms with Gasteiger partial charge in [0.1, 0.15) is 0 Å². The summed E-state index contributed by atoms with van der Waals surface area (Å²) in [6.45, 7) is 8.93. The number of aliphatic hydroxyl groups excluding tert-OH is 1. The van der Waals surface area contributed by atoms with Crippen LogP contribution in [0, 0.1) is 13.8 Å². The number of aromatic nitrogens is 3. The van der Waals surface area contributed by atoms with Crippen LogP contribution in [0.5, 0.6) is 0 Å². The summed E-state index contributed by atoms with van der Waals surface area (Å²) in [5.41, 5.74) is 3.12. The Balaban J connectivity index is 2.20. The Bertz CT molecular complexity index is 559. The van der Waals surface area contributed by atoms with Crippen molar-refractivity contribution in [2.45, 2.75) is 53.2 Å². The minimum Gasteiger partial charge on any atom is -0.387 e. The van der Waals surface area contributed by atoms with Crippen molar-refractivity contribution in [3.63, 3.8) is 0 Å². The van der Waals surface area contributed by atoms with E-state index in [1.54, 1.807) is 11.3 Å². The molecule has 0 fully saturated rings. The largest absolute Gasteiger partial charge is 0.387 e. The van der Waals surface area contributed by atoms with Crippen molar-refractivity contribution >= 4 is 11.3 Å². The van der Waals surface area contributed by atoms with Crippen molar-refractivity contribution in [1.29, 1.82) is 0 Å². The number of aryl methyl sites for hydroxylation is 4. The molecule has 4 nitrogen and oxygen atoms in total. The highest BCUT2D eigenvalue weighted by atomic mass is 32.1. The number of rotatable bonds is 5. The van der Waals surface area contributed by atoms with Gasteiger partial charge in [0, 0.05) is 18.7 Å². The molecule has 0 bridgehead atoms. The summed E-state index contributed by atoms with van der Waals surface area (Å²) in [5, 5.41) is 15.9. The van der Waals surface area contributed by atoms with Crippen molar-refractivity contribution in [3.8, 4) is 0 Å². The van der Waals surface area contributed by atoms with Crippen molar-refractivity contribution in [1.82, 2.24) is 14.8 Å². The van der Waals surface area contributed by atoms with E-state index >= 15 is 0 Å². The summed E-state index contributed by atoms with van der Waals surface area (Å²) in [6, 6.07) is 2.09. The van der Waals surface area contributed by atoms with E-state index in [9.17, 15) is 5.11 Å². The van der Waals surface area contributed by atoms with Crippen LogP contribution in [0.1, 0.15) is 46.9 Å². The Hall–Kier alpha value is -1.20. The van der Waals surface area contributed by atoms with E-state index in [-0.39, 0.29) is 0 Å². The zero-order valence-corrected chi connectivity index (χ0v) is 12.8. The molecule has 1 atom stereocenters. The number of thiazole rings is 1. The molecule has 0 aliphatic carbocycles. The van der Waals surface area contributed by atoms with E-state index in [4.69, 9.17) is 0 Å². The molecule has 0 saturated heterocycles. The standard InChI is InChI=1S/C14H21N3OS/c1-5-11-7-12(17(6-2)16-11)8-13(18)14-9(3)15-10(4)19-14/h7,13,18H,5-6,8H2,1-4H3. The van der Waals surface area contributed by atoms with Gasteiger partial charge in [-0.05, 0) is 33.3 Å². The fraction of sp³-hybridized carbons (Fsp3) is 0.571. The first kappa shape index (κ1) is 14.2. The van der Waals surface area contributed by atoms with Crippen molar-refractivity contribution < 1.29 is 5.11 Å². The minimum atomic E-state index is -0.488. The lowest BCUT2D eigenvalue weighted by atomic mass is 10.1. The van der Waals surface area contributed by atoms with Crippen molar-refractivity contribution in [2.75, 3.05) is 0 Å². The summed E-state index contributed by atoms with van der Waals surface area (Å²) in [7, 11) is 0. The fourth-order valence-electron chi connectivity index (χ4n) is 2.27.